The molecule has 0 fully saturated rings. The van der Waals surface area contributed by atoms with Gasteiger partial charge in [-0.05, 0) is 87.0 Å². The van der Waals surface area contributed by atoms with Crippen molar-refractivity contribution in [2.75, 3.05) is 0 Å². The number of aromatic nitrogens is 1. The number of benzene rings is 7. The maximum atomic E-state index is 2.36. The molecule has 8 rings (SSSR count). The Bertz CT molecular complexity index is 2180. The molecule has 0 aliphatic carbocycles. The molecule has 0 bridgehead atoms. The molecule has 0 saturated carbocycles. The first-order valence-electron chi connectivity index (χ1n) is 14.6. The molecule has 0 radical (unpaired) electrons. The predicted molar refractivity (Wildman–Crippen MR) is 178 cm³/mol. The summed E-state index contributed by atoms with van der Waals surface area (Å²) < 4.78 is 2.36. The second-order valence-electron chi connectivity index (χ2n) is 11.1. The molecule has 42 heavy (non-hydrogen) atoms. The van der Waals surface area contributed by atoms with Crippen LogP contribution >= 0.6 is 0 Å². The molecule has 198 valence electrons. The molecule has 1 nitrogen and oxygen atoms in total. The predicted octanol–water partition coefficient (Wildman–Crippen LogP) is 10.9. The SMILES string of the molecule is c1ccc(-n2c3ccccc3c3cc(-c4ccc(Cc5ccc(-c6ccc7ccccc7c6)cc5)cc4)ccc32)cc1. The highest BCUT2D eigenvalue weighted by Gasteiger charge is 2.13. The molecule has 8 aromatic rings. The molecule has 7 aromatic carbocycles. The maximum Gasteiger partial charge on any atom is 0.0541 e. The third kappa shape index (κ3) is 4.36. The smallest absolute Gasteiger partial charge is 0.0541 e. The van der Waals surface area contributed by atoms with Crippen LogP contribution in [0.4, 0.5) is 0 Å². The van der Waals surface area contributed by atoms with E-state index in [4.69, 9.17) is 0 Å². The summed E-state index contributed by atoms with van der Waals surface area (Å²) in [4.78, 5) is 0. The zero-order valence-corrected chi connectivity index (χ0v) is 23.2. The number of hydrogen-bond acceptors (Lipinski definition) is 0. The summed E-state index contributed by atoms with van der Waals surface area (Å²) in [6, 6.07) is 59.5. The second kappa shape index (κ2) is 10.2. The van der Waals surface area contributed by atoms with Crippen LogP contribution < -0.4 is 0 Å². The molecule has 0 N–H and O–H groups in total. The zero-order valence-electron chi connectivity index (χ0n) is 23.2. The maximum absolute atomic E-state index is 2.36. The Kier molecular flexibility index (Phi) is 5.93. The molecule has 0 amide bonds. The molecule has 0 aliphatic rings. The molecular weight excluding hydrogens is 506 g/mol. The van der Waals surface area contributed by atoms with Crippen LogP contribution in [0.15, 0.2) is 164 Å². The van der Waals surface area contributed by atoms with Gasteiger partial charge in [0.15, 0.2) is 0 Å². The quantitative estimate of drug-likeness (QED) is 0.207. The normalized spacial score (nSPS) is 11.4. The van der Waals surface area contributed by atoms with E-state index in [-0.39, 0.29) is 0 Å². The first-order valence-corrected chi connectivity index (χ1v) is 14.6. The molecule has 1 aromatic heterocycles. The molecule has 0 saturated heterocycles. The summed E-state index contributed by atoms with van der Waals surface area (Å²) in [5.74, 6) is 0. The average Bonchev–Trinajstić information content (AvgIpc) is 3.39. The van der Waals surface area contributed by atoms with Crippen molar-refractivity contribution in [1.82, 2.24) is 4.57 Å². The van der Waals surface area contributed by atoms with Crippen LogP contribution in [-0.2, 0) is 6.42 Å². The number of fused-ring (bicyclic) bond motifs is 4. The van der Waals surface area contributed by atoms with E-state index in [1.54, 1.807) is 0 Å². The Labute approximate surface area is 245 Å². The number of nitrogens with zero attached hydrogens (tertiary/aromatic N) is 1. The number of para-hydroxylation sites is 2. The molecule has 0 aliphatic heterocycles. The van der Waals surface area contributed by atoms with E-state index >= 15 is 0 Å². The van der Waals surface area contributed by atoms with Crippen LogP contribution in [0.2, 0.25) is 0 Å². The van der Waals surface area contributed by atoms with Gasteiger partial charge in [0.2, 0.25) is 0 Å². The van der Waals surface area contributed by atoms with Gasteiger partial charge in [0, 0.05) is 16.5 Å². The first-order chi connectivity index (χ1) is 20.8. The summed E-state index contributed by atoms with van der Waals surface area (Å²) >= 11 is 0. The van der Waals surface area contributed by atoms with Gasteiger partial charge in [-0.15, -0.1) is 0 Å². The Morgan fingerprint density at radius 2 is 0.905 bits per heavy atom. The van der Waals surface area contributed by atoms with Gasteiger partial charge in [-0.2, -0.15) is 0 Å². The monoisotopic (exact) mass is 535 g/mol. The third-order valence-electron chi connectivity index (χ3n) is 8.42. The lowest BCUT2D eigenvalue weighted by Gasteiger charge is -2.09. The van der Waals surface area contributed by atoms with Gasteiger partial charge in [0.25, 0.3) is 0 Å². The van der Waals surface area contributed by atoms with E-state index in [0.717, 1.165) is 6.42 Å². The lowest BCUT2D eigenvalue weighted by atomic mass is 9.97. The van der Waals surface area contributed by atoms with Crippen LogP contribution in [0.3, 0.4) is 0 Å². The van der Waals surface area contributed by atoms with Gasteiger partial charge in [-0.3, -0.25) is 0 Å². The Morgan fingerprint density at radius 3 is 1.64 bits per heavy atom. The molecule has 0 atom stereocenters. The number of rotatable bonds is 5. The van der Waals surface area contributed by atoms with Crippen molar-refractivity contribution in [2.24, 2.45) is 0 Å². The molecular formula is C41H29N. The zero-order chi connectivity index (χ0) is 27.9. The van der Waals surface area contributed by atoms with Crippen molar-refractivity contribution < 1.29 is 0 Å². The van der Waals surface area contributed by atoms with Gasteiger partial charge in [-0.25, -0.2) is 0 Å². The van der Waals surface area contributed by atoms with Gasteiger partial charge in [0.1, 0.15) is 0 Å². The number of hydrogen-bond donors (Lipinski definition) is 0. The van der Waals surface area contributed by atoms with Crippen LogP contribution in [0.5, 0.6) is 0 Å². The Balaban J connectivity index is 1.06. The molecule has 1 heterocycles. The van der Waals surface area contributed by atoms with Crippen molar-refractivity contribution in [3.8, 4) is 27.9 Å². The molecule has 0 spiro atoms. The first kappa shape index (κ1) is 24.4. The highest BCUT2D eigenvalue weighted by molar-refractivity contribution is 6.10. The van der Waals surface area contributed by atoms with Crippen molar-refractivity contribution in [1.29, 1.82) is 0 Å². The van der Waals surface area contributed by atoms with E-state index in [2.05, 4.69) is 168 Å². The van der Waals surface area contributed by atoms with Crippen LogP contribution in [-0.4, -0.2) is 4.57 Å². The van der Waals surface area contributed by atoms with Crippen molar-refractivity contribution >= 4 is 32.6 Å². The lowest BCUT2D eigenvalue weighted by Crippen LogP contribution is -1.92. The van der Waals surface area contributed by atoms with E-state index < -0.39 is 0 Å². The fraction of sp³-hybridized carbons (Fsp3) is 0.0244. The van der Waals surface area contributed by atoms with Crippen LogP contribution in [0, 0.1) is 0 Å². The van der Waals surface area contributed by atoms with Crippen LogP contribution in [0.25, 0.3) is 60.5 Å². The molecule has 0 unspecified atom stereocenters. The van der Waals surface area contributed by atoms with Crippen molar-refractivity contribution in [3.05, 3.63) is 175 Å². The highest BCUT2D eigenvalue weighted by atomic mass is 15.0. The topological polar surface area (TPSA) is 4.93 Å². The van der Waals surface area contributed by atoms with E-state index in [1.807, 2.05) is 0 Å². The molecule has 1 heteroatoms. The van der Waals surface area contributed by atoms with Gasteiger partial charge < -0.3 is 4.57 Å². The minimum atomic E-state index is 0.919. The third-order valence-corrected chi connectivity index (χ3v) is 8.42. The minimum absolute atomic E-state index is 0.919. The Hall–Kier alpha value is -5.40. The highest BCUT2D eigenvalue weighted by Crippen LogP contribution is 2.35. The standard InChI is InChI=1S/C41H29N/c1-2-10-37(11-3-1)42-40-13-7-6-12-38(40)39-28-36(24-25-41(39)42)33-20-16-30(17-21-33)26-29-14-18-32(19-15-29)35-23-22-31-8-4-5-9-34(31)27-35/h1-25,27-28H,26H2. The fourth-order valence-electron chi connectivity index (χ4n) is 6.24. The average molecular weight is 536 g/mol. The summed E-state index contributed by atoms with van der Waals surface area (Å²) in [5, 5.41) is 5.12. The van der Waals surface area contributed by atoms with Gasteiger partial charge >= 0.3 is 0 Å². The summed E-state index contributed by atoms with van der Waals surface area (Å²) in [5.41, 5.74) is 11.3. The van der Waals surface area contributed by atoms with Gasteiger partial charge in [0.05, 0.1) is 11.0 Å². The largest absolute Gasteiger partial charge is 0.309 e. The van der Waals surface area contributed by atoms with Crippen LogP contribution in [0.1, 0.15) is 11.1 Å². The van der Waals surface area contributed by atoms with E-state index in [1.165, 1.54) is 71.6 Å². The van der Waals surface area contributed by atoms with Gasteiger partial charge in [-0.1, -0.05) is 127 Å². The Morgan fingerprint density at radius 1 is 0.357 bits per heavy atom. The van der Waals surface area contributed by atoms with Crippen molar-refractivity contribution in [2.45, 2.75) is 6.42 Å². The van der Waals surface area contributed by atoms with Crippen molar-refractivity contribution in [3.63, 3.8) is 0 Å². The summed E-state index contributed by atoms with van der Waals surface area (Å²) in [7, 11) is 0. The fourth-order valence-corrected chi connectivity index (χ4v) is 6.24. The second-order valence-corrected chi connectivity index (χ2v) is 11.1. The lowest BCUT2D eigenvalue weighted by molar-refractivity contribution is 1.18. The summed E-state index contributed by atoms with van der Waals surface area (Å²) in [6.07, 6.45) is 0.919. The summed E-state index contributed by atoms with van der Waals surface area (Å²) in [6.45, 7) is 0. The van der Waals surface area contributed by atoms with E-state index in [9.17, 15) is 0 Å². The minimum Gasteiger partial charge on any atom is -0.309 e. The van der Waals surface area contributed by atoms with E-state index in [0.29, 0.717) is 0 Å².